The van der Waals surface area contributed by atoms with Crippen LogP contribution >= 0.6 is 0 Å². The molecular weight excluding hydrogens is 412 g/mol. The van der Waals surface area contributed by atoms with Gasteiger partial charge in [-0.2, -0.15) is 0 Å². The number of imidazole rings is 4. The van der Waals surface area contributed by atoms with Crippen LogP contribution in [0.4, 0.5) is 0 Å². The zero-order valence-corrected chi connectivity index (χ0v) is 18.0. The first-order valence-corrected chi connectivity index (χ1v) is 10.9. The molecule has 0 fully saturated rings. The monoisotopic (exact) mass is 434 g/mol. The highest BCUT2D eigenvalue weighted by Gasteiger charge is 2.21. The van der Waals surface area contributed by atoms with Gasteiger partial charge in [0.15, 0.2) is 0 Å². The number of nitrogens with zero attached hydrogens (tertiary/aromatic N) is 4. The molecule has 0 atom stereocenters. The van der Waals surface area contributed by atoms with Gasteiger partial charge in [-0.1, -0.05) is 12.2 Å². The van der Waals surface area contributed by atoms with Gasteiger partial charge in [0.2, 0.25) is 0 Å². The van der Waals surface area contributed by atoms with Crippen molar-refractivity contribution in [3.8, 4) is 22.8 Å². The summed E-state index contributed by atoms with van der Waals surface area (Å²) in [6.45, 7) is 2.03. The zero-order valence-electron chi connectivity index (χ0n) is 18.0. The Kier molecular flexibility index (Phi) is 4.61. The van der Waals surface area contributed by atoms with E-state index in [9.17, 15) is 0 Å². The van der Waals surface area contributed by atoms with E-state index in [1.54, 1.807) is 12.4 Å². The van der Waals surface area contributed by atoms with Gasteiger partial charge >= 0.3 is 0 Å². The average molecular weight is 435 g/mol. The van der Waals surface area contributed by atoms with E-state index in [2.05, 4.69) is 54.2 Å². The van der Waals surface area contributed by atoms with Gasteiger partial charge in [0.1, 0.15) is 23.3 Å². The van der Waals surface area contributed by atoms with E-state index >= 15 is 0 Å². The minimum atomic E-state index is -0.0277. The van der Waals surface area contributed by atoms with E-state index in [1.807, 2.05) is 43.6 Å². The first-order valence-electron chi connectivity index (χ1n) is 10.9. The number of aromatic nitrogens is 8. The molecule has 4 heterocycles. The molecule has 0 saturated carbocycles. The third-order valence-corrected chi connectivity index (χ3v) is 5.81. The van der Waals surface area contributed by atoms with Crippen LogP contribution in [0.25, 0.3) is 44.8 Å². The van der Waals surface area contributed by atoms with Gasteiger partial charge in [0.25, 0.3) is 0 Å². The lowest BCUT2D eigenvalue weighted by Crippen LogP contribution is -2.04. The van der Waals surface area contributed by atoms with Gasteiger partial charge in [0.05, 0.1) is 28.0 Å². The first-order chi connectivity index (χ1) is 16.3. The van der Waals surface area contributed by atoms with E-state index in [4.69, 9.17) is 9.97 Å². The molecule has 2 aromatic carbocycles. The van der Waals surface area contributed by atoms with E-state index in [-0.39, 0.29) is 5.92 Å². The van der Waals surface area contributed by atoms with Crippen molar-refractivity contribution < 1.29 is 0 Å². The molecular formula is C25H22N8. The minimum Gasteiger partial charge on any atom is -0.345 e. The zero-order chi connectivity index (χ0) is 22.2. The Labute approximate surface area is 189 Å². The Morgan fingerprint density at radius 2 is 1.33 bits per heavy atom. The fourth-order valence-corrected chi connectivity index (χ4v) is 4.15. The number of nitrogens with one attached hydrogen (secondary N) is 4. The summed E-state index contributed by atoms with van der Waals surface area (Å²) < 4.78 is 0. The number of fused-ring (bicyclic) bond motifs is 2. The number of allylic oxidation sites excluding steroid dienone is 2. The number of hydrogen-bond acceptors (Lipinski definition) is 4. The second-order valence-electron chi connectivity index (χ2n) is 7.94. The van der Waals surface area contributed by atoms with Crippen molar-refractivity contribution in [1.29, 1.82) is 0 Å². The van der Waals surface area contributed by atoms with Crippen LogP contribution in [0.3, 0.4) is 0 Å². The van der Waals surface area contributed by atoms with Gasteiger partial charge < -0.3 is 19.9 Å². The van der Waals surface area contributed by atoms with E-state index in [0.717, 1.165) is 62.9 Å². The maximum absolute atomic E-state index is 4.90. The Morgan fingerprint density at radius 3 is 1.79 bits per heavy atom. The molecule has 0 aliphatic carbocycles. The Bertz CT molecular complexity index is 1440. The maximum atomic E-state index is 4.90. The SMILES string of the molecule is C/C=C/CC(c1nc2ccc(-c3ncc[nH]3)cc2[nH]1)c1nc2ccc(-c3ncc[nH]3)cc2[nH]1. The fraction of sp³-hybridized carbons (Fsp3) is 0.120. The van der Waals surface area contributed by atoms with Crippen molar-refractivity contribution in [2.45, 2.75) is 19.3 Å². The van der Waals surface area contributed by atoms with Crippen molar-refractivity contribution in [2.75, 3.05) is 0 Å². The topological polar surface area (TPSA) is 115 Å². The summed E-state index contributed by atoms with van der Waals surface area (Å²) in [6, 6.07) is 12.3. The van der Waals surface area contributed by atoms with Crippen molar-refractivity contribution >= 4 is 22.1 Å². The minimum absolute atomic E-state index is 0.0277. The normalized spacial score (nSPS) is 12.1. The summed E-state index contributed by atoms with van der Waals surface area (Å²) >= 11 is 0. The molecule has 0 radical (unpaired) electrons. The van der Waals surface area contributed by atoms with Gasteiger partial charge in [0, 0.05) is 35.9 Å². The second-order valence-corrected chi connectivity index (χ2v) is 7.94. The molecule has 8 nitrogen and oxygen atoms in total. The largest absolute Gasteiger partial charge is 0.345 e. The molecule has 8 heteroatoms. The highest BCUT2D eigenvalue weighted by atomic mass is 15.0. The van der Waals surface area contributed by atoms with Crippen molar-refractivity contribution in [3.63, 3.8) is 0 Å². The number of hydrogen-bond donors (Lipinski definition) is 4. The lowest BCUT2D eigenvalue weighted by molar-refractivity contribution is 0.729. The summed E-state index contributed by atoms with van der Waals surface area (Å²) in [6.07, 6.45) is 12.1. The molecule has 0 aliphatic rings. The standard InChI is InChI=1S/C25H22N8/c1-2-3-4-17(24-30-18-7-5-15(13-20(18)32-24)22-26-9-10-27-22)25-31-19-8-6-16(14-21(19)33-25)23-28-11-12-29-23/h2-3,5-14,17H,4H2,1H3,(H,26,27)(H,28,29)(H,30,32)(H,31,33)/b3-2+. The molecule has 4 aromatic heterocycles. The van der Waals surface area contributed by atoms with Crippen molar-refractivity contribution in [3.05, 3.63) is 85.0 Å². The van der Waals surface area contributed by atoms with E-state index in [0.29, 0.717) is 0 Å². The second kappa shape index (κ2) is 7.90. The van der Waals surface area contributed by atoms with Crippen LogP contribution < -0.4 is 0 Å². The molecule has 0 amide bonds. The van der Waals surface area contributed by atoms with Crippen LogP contribution in [-0.4, -0.2) is 39.9 Å². The smallest absolute Gasteiger partial charge is 0.137 e. The van der Waals surface area contributed by atoms with Crippen LogP contribution in [0.15, 0.2) is 73.3 Å². The van der Waals surface area contributed by atoms with Crippen LogP contribution in [-0.2, 0) is 0 Å². The molecule has 0 bridgehead atoms. The lowest BCUT2D eigenvalue weighted by atomic mass is 10.0. The molecule has 6 rings (SSSR count). The van der Waals surface area contributed by atoms with Crippen molar-refractivity contribution in [2.24, 2.45) is 0 Å². The number of rotatable bonds is 6. The van der Waals surface area contributed by atoms with Crippen LogP contribution in [0.2, 0.25) is 0 Å². The predicted octanol–water partition coefficient (Wildman–Crippen LogP) is 5.32. The maximum Gasteiger partial charge on any atom is 0.137 e. The third-order valence-electron chi connectivity index (χ3n) is 5.81. The molecule has 0 aliphatic heterocycles. The van der Waals surface area contributed by atoms with Crippen LogP contribution in [0, 0.1) is 0 Å². The molecule has 4 N–H and O–H groups in total. The van der Waals surface area contributed by atoms with Gasteiger partial charge in [-0.25, -0.2) is 19.9 Å². The number of aromatic amines is 4. The van der Waals surface area contributed by atoms with E-state index in [1.165, 1.54) is 0 Å². The number of benzene rings is 2. The quantitative estimate of drug-likeness (QED) is 0.266. The first kappa shape index (κ1) is 19.2. The number of H-pyrrole nitrogens is 4. The molecule has 0 unspecified atom stereocenters. The van der Waals surface area contributed by atoms with Gasteiger partial charge in [-0.15, -0.1) is 0 Å². The predicted molar refractivity (Wildman–Crippen MR) is 129 cm³/mol. The molecule has 0 saturated heterocycles. The molecule has 162 valence electrons. The molecule has 33 heavy (non-hydrogen) atoms. The van der Waals surface area contributed by atoms with Gasteiger partial charge in [-0.05, 0) is 49.7 Å². The third kappa shape index (κ3) is 3.51. The molecule has 0 spiro atoms. The fourth-order valence-electron chi connectivity index (χ4n) is 4.15. The Hall–Kier alpha value is -4.46. The summed E-state index contributed by atoms with van der Waals surface area (Å²) in [7, 11) is 0. The van der Waals surface area contributed by atoms with Crippen LogP contribution in [0.1, 0.15) is 30.9 Å². The van der Waals surface area contributed by atoms with Gasteiger partial charge in [-0.3, -0.25) is 0 Å². The Morgan fingerprint density at radius 1 is 0.788 bits per heavy atom. The summed E-state index contributed by atoms with van der Waals surface area (Å²) in [5.41, 5.74) is 5.81. The highest BCUT2D eigenvalue weighted by Crippen LogP contribution is 2.30. The molecule has 6 aromatic rings. The average Bonchev–Trinajstić information content (AvgIpc) is 3.64. The van der Waals surface area contributed by atoms with Crippen LogP contribution in [0.5, 0.6) is 0 Å². The Balaban J connectivity index is 1.41. The van der Waals surface area contributed by atoms with Crippen molar-refractivity contribution in [1.82, 2.24) is 39.9 Å². The highest BCUT2D eigenvalue weighted by molar-refractivity contribution is 5.82. The lowest BCUT2D eigenvalue weighted by Gasteiger charge is -2.09. The van der Waals surface area contributed by atoms with E-state index < -0.39 is 0 Å². The summed E-state index contributed by atoms with van der Waals surface area (Å²) in [5.74, 6) is 3.40. The summed E-state index contributed by atoms with van der Waals surface area (Å²) in [4.78, 5) is 31.9. The summed E-state index contributed by atoms with van der Waals surface area (Å²) in [5, 5.41) is 0.